The van der Waals surface area contributed by atoms with Gasteiger partial charge in [-0.1, -0.05) is 108 Å². The number of alkyl carbamates (subject to hydrolysis) is 2. The van der Waals surface area contributed by atoms with Gasteiger partial charge in [0.15, 0.2) is 0 Å². The number of halogens is 1. The highest BCUT2D eigenvalue weighted by molar-refractivity contribution is 5.99. The van der Waals surface area contributed by atoms with Gasteiger partial charge in [-0.2, -0.15) is 0 Å². The minimum Gasteiger partial charge on any atom is -0.497 e. The van der Waals surface area contributed by atoms with Crippen LogP contribution >= 0.6 is 0 Å². The Morgan fingerprint density at radius 3 is 2.28 bits per heavy atom. The summed E-state index contributed by atoms with van der Waals surface area (Å²) >= 11 is 0. The number of carbonyl (C=O) groups is 11. The molecule has 0 radical (unpaired) electrons. The van der Waals surface area contributed by atoms with Gasteiger partial charge in [0, 0.05) is 102 Å². The van der Waals surface area contributed by atoms with Gasteiger partial charge in [0.2, 0.25) is 47.3 Å². The number of ketones is 1. The maximum Gasteiger partial charge on any atom is 0.408 e. The molecule has 0 saturated carbocycles. The van der Waals surface area contributed by atoms with Crippen LogP contribution in [0, 0.1) is 5.82 Å². The molecule has 5 aliphatic rings. The van der Waals surface area contributed by atoms with Crippen molar-refractivity contribution in [2.45, 2.75) is 205 Å². The molecule has 2 fully saturated rings. The highest BCUT2D eigenvalue weighted by atomic mass is 19.1. The minimum atomic E-state index is -1.76. The molecule has 0 spiro atoms. The highest BCUT2D eigenvalue weighted by Crippen LogP contribution is 2.33. The molecule has 8 atom stereocenters. The van der Waals surface area contributed by atoms with Crippen LogP contribution in [-0.2, 0) is 127 Å². The Bertz CT molecular complexity index is 4720. The van der Waals surface area contributed by atoms with Crippen molar-refractivity contribution in [1.82, 2.24) is 71.5 Å². The van der Waals surface area contributed by atoms with E-state index in [2.05, 4.69) is 47.5 Å². The summed E-state index contributed by atoms with van der Waals surface area (Å²) in [6.07, 6.45) is 4.51. The van der Waals surface area contributed by atoms with Crippen LogP contribution in [0.4, 0.5) is 14.0 Å². The Balaban J connectivity index is 0.976. The van der Waals surface area contributed by atoms with E-state index in [1.165, 1.54) is 47.6 Å². The fraction of sp³-hybridized carbons (Fsp3) is 0.453. The average molecular weight is 1610 g/mol. The van der Waals surface area contributed by atoms with Crippen molar-refractivity contribution >= 4 is 76.1 Å². The van der Waals surface area contributed by atoms with Gasteiger partial charge in [-0.05, 0) is 149 Å². The van der Waals surface area contributed by atoms with Crippen molar-refractivity contribution in [1.29, 1.82) is 0 Å². The minimum absolute atomic E-state index is 0.0156. The fourth-order valence-electron chi connectivity index (χ4n) is 14.9. The molecule has 2 aromatic heterocycles. The van der Waals surface area contributed by atoms with Crippen molar-refractivity contribution < 1.29 is 80.8 Å². The number of carbonyl (C=O) groups excluding carboxylic acids is 11. The topological polar surface area (TPSA) is 363 Å². The van der Waals surface area contributed by atoms with E-state index in [9.17, 15) is 28.8 Å². The maximum atomic E-state index is 16.3. The maximum absolute atomic E-state index is 16.3. The van der Waals surface area contributed by atoms with Crippen molar-refractivity contribution in [2.24, 2.45) is 0 Å². The monoisotopic (exact) mass is 1610 g/mol. The molecule has 0 aliphatic carbocycles. The summed E-state index contributed by atoms with van der Waals surface area (Å²) in [4.78, 5) is 165. The number of amides is 10. The molecule has 622 valence electrons. The number of hydrogen-bond donors (Lipinski definition) is 7. The number of benzene rings is 5. The third-order valence-corrected chi connectivity index (χ3v) is 21.2. The first kappa shape index (κ1) is 86.0. The van der Waals surface area contributed by atoms with Gasteiger partial charge < -0.3 is 85.0 Å². The van der Waals surface area contributed by atoms with Crippen LogP contribution < -0.4 is 42.0 Å². The molecule has 7 N–H and O–H groups in total. The fourth-order valence-corrected chi connectivity index (χ4v) is 14.9. The van der Waals surface area contributed by atoms with Gasteiger partial charge in [-0.3, -0.25) is 43.0 Å². The molecule has 10 bridgehead atoms. The van der Waals surface area contributed by atoms with Crippen LogP contribution in [0.5, 0.6) is 5.75 Å². The van der Waals surface area contributed by atoms with Gasteiger partial charge in [0.1, 0.15) is 77.6 Å². The largest absolute Gasteiger partial charge is 0.497 e. The lowest BCUT2D eigenvalue weighted by Gasteiger charge is -2.37. The van der Waals surface area contributed by atoms with E-state index in [1.807, 2.05) is 71.3 Å². The number of hydrogen-bond acceptors (Lipinski definition) is 18. The molecule has 7 aromatic rings. The molecule has 7 heterocycles. The van der Waals surface area contributed by atoms with E-state index in [0.29, 0.717) is 71.1 Å². The first-order valence-corrected chi connectivity index (χ1v) is 39.8. The predicted molar refractivity (Wildman–Crippen MR) is 428 cm³/mol. The van der Waals surface area contributed by atoms with Gasteiger partial charge >= 0.3 is 12.2 Å². The lowest BCUT2D eigenvalue weighted by Crippen LogP contribution is -2.64. The second-order valence-electron chi connectivity index (χ2n) is 31.2. The molecule has 0 unspecified atom stereocenters. The Morgan fingerprint density at radius 1 is 0.752 bits per heavy atom. The van der Waals surface area contributed by atoms with E-state index >= 15 is 28.4 Å². The zero-order chi connectivity index (χ0) is 83.3. The lowest BCUT2D eigenvalue weighted by atomic mass is 9.95. The summed E-state index contributed by atoms with van der Waals surface area (Å²) in [6, 6.07) is 26.9. The van der Waals surface area contributed by atoms with E-state index in [4.69, 9.17) is 23.7 Å². The van der Waals surface area contributed by atoms with Gasteiger partial charge in [0.05, 0.1) is 38.7 Å². The van der Waals surface area contributed by atoms with Crippen LogP contribution in [-0.4, -0.2) is 199 Å². The van der Waals surface area contributed by atoms with Crippen molar-refractivity contribution in [3.63, 3.8) is 0 Å². The summed E-state index contributed by atoms with van der Waals surface area (Å²) < 4.78 is 48.5. The second kappa shape index (κ2) is 40.1. The molecule has 2 saturated heterocycles. The quantitative estimate of drug-likeness (QED) is 0.0495. The molecule has 12 rings (SSSR count). The first-order valence-electron chi connectivity index (χ1n) is 39.8. The number of rotatable bonds is 16. The predicted octanol–water partition coefficient (Wildman–Crippen LogP) is 6.69. The highest BCUT2D eigenvalue weighted by Gasteiger charge is 2.50. The van der Waals surface area contributed by atoms with E-state index < -0.39 is 120 Å². The third kappa shape index (κ3) is 23.9. The van der Waals surface area contributed by atoms with Crippen LogP contribution in [0.2, 0.25) is 0 Å². The number of ether oxygens (including phenoxy) is 5. The lowest BCUT2D eigenvalue weighted by molar-refractivity contribution is -0.148. The summed E-state index contributed by atoms with van der Waals surface area (Å²) in [5.41, 5.74) is 3.03. The van der Waals surface area contributed by atoms with Crippen LogP contribution in [0.15, 0.2) is 146 Å². The number of nitrogens with zero attached hydrogens (tertiary/aromatic N) is 7. The number of methoxy groups -OCH3 is 1. The van der Waals surface area contributed by atoms with Gasteiger partial charge in [0.25, 0.3) is 0 Å². The van der Waals surface area contributed by atoms with Crippen molar-refractivity contribution in [2.75, 3.05) is 46.4 Å². The van der Waals surface area contributed by atoms with E-state index in [1.54, 1.807) is 99.6 Å². The molecular formula is C86H105FN14O16. The van der Waals surface area contributed by atoms with Crippen LogP contribution in [0.1, 0.15) is 131 Å². The molecule has 30 nitrogen and oxygen atoms in total. The zero-order valence-electron chi connectivity index (χ0n) is 67.2. The number of Topliss-reactive ketones (excluding diaryl/α,β-unsaturated/α-hetero) is 1. The third-order valence-electron chi connectivity index (χ3n) is 21.2. The Kier molecular flexibility index (Phi) is 29.5. The molecule has 10 amide bonds. The molecular weight excluding hydrogens is 1500 g/mol. The van der Waals surface area contributed by atoms with E-state index in [0.717, 1.165) is 16.7 Å². The summed E-state index contributed by atoms with van der Waals surface area (Å²) in [5.74, 6) is -5.72. The molecule has 5 aromatic carbocycles. The van der Waals surface area contributed by atoms with Crippen LogP contribution in [0.3, 0.4) is 0 Å². The second-order valence-corrected chi connectivity index (χ2v) is 31.2. The smallest absolute Gasteiger partial charge is 0.408 e. The zero-order valence-corrected chi connectivity index (χ0v) is 67.2. The normalized spacial score (nSPS) is 21.8. The van der Waals surface area contributed by atoms with Crippen molar-refractivity contribution in [3.05, 3.63) is 196 Å². The van der Waals surface area contributed by atoms with E-state index in [-0.39, 0.29) is 128 Å². The van der Waals surface area contributed by atoms with Gasteiger partial charge in [-0.15, -0.1) is 5.10 Å². The first-order chi connectivity index (χ1) is 56.1. The Hall–Kier alpha value is -11.9. The van der Waals surface area contributed by atoms with Gasteiger partial charge in [-0.25, -0.2) is 14.0 Å². The summed E-state index contributed by atoms with van der Waals surface area (Å²) in [7, 11) is 1.50. The Morgan fingerprint density at radius 2 is 1.52 bits per heavy atom. The standard InChI is InChI=1S/C86H105FN14O16/c1-55(102)21-32-74(104)98-39-14-9-8-13-38-97-50-63(67-47-64(87)28-31-71(67)97)46-70-80(108)100-41-34-72(115-54-73(103)90-48-62-20-15-19-61(43-62)45-68(77(105)91-70)93-84(112)117-85(3,4)5)76(100)79(107)94-75(56(2)114-53-65-51-99(96-95-65)42-37-89-83(111)116-52-60-17-11-10-12-18-60)78(106)92-69(44-58-26-29-66(113-7)30-27-58)81(109)101-40-16-35-86(101,6)82(110)88-36-33-57-22-24-59(49-98)25-23-57/h8,10-13,15,17-20,22-31,43,47,50-51,56,68-70,72,75-76H,9,14,16,21,32-42,44-46,48-49,52-54H2,1-7H3,(H,88,110)(H,89,111)(H,90,103)(H,91,105)(H,92,106)(H,93,112)(H,94,107)/b13-8+/t56-,68+,69+,70+,72+,75+,76+,86+/m1/s1. The average Bonchev–Trinajstić information content (AvgIpc) is 1.65. The number of fused-ring (bicyclic) bond motifs is 20. The van der Waals surface area contributed by atoms with Crippen LogP contribution in [0.25, 0.3) is 10.9 Å². The van der Waals surface area contributed by atoms with Crippen molar-refractivity contribution in [3.8, 4) is 5.75 Å². The number of aromatic nitrogens is 4. The molecule has 5 aliphatic heterocycles. The summed E-state index contributed by atoms with van der Waals surface area (Å²) in [5, 5.41) is 29.0. The SMILES string of the molecule is COc1ccc(C[C@@H]2NC(=O)[C@H]([C@@H](C)OCc3cn(CCNC(=O)OCc4ccccc4)nn3)NC(=O)[C@@H]3[C@@H]4CCN3C(=O)[C@H](Cc3cn(c5ccc(F)cc35)C/C=C/CCCN(C(=O)CCC(C)=O)Cc3ccc(cc3)CCNC(=O)[C@]3(C)CCCN3C2=O)NC(=O)[C@@H](NC(=O)OC(C)(C)C)Cc2cccc(c2)CNC(=O)CO4)cc1. The molecule has 117 heavy (non-hydrogen) atoms. The number of allylic oxidation sites excluding steroid dienone is 2. The number of nitrogens with one attached hydrogen (secondary N) is 7. The Labute approximate surface area is 679 Å². The molecule has 31 heteroatoms. The summed E-state index contributed by atoms with van der Waals surface area (Å²) in [6.45, 7) is 9.87.